The summed E-state index contributed by atoms with van der Waals surface area (Å²) in [5.74, 6) is 1.45. The molecule has 2 fully saturated rings. The predicted octanol–water partition coefficient (Wildman–Crippen LogP) is 3.91. The van der Waals surface area contributed by atoms with Crippen LogP contribution in [-0.4, -0.2) is 24.4 Å². The SMILES string of the molecule is COC1CCC(C(O)CCC2CCCCC2)CC1. The minimum absolute atomic E-state index is 0.0512. The summed E-state index contributed by atoms with van der Waals surface area (Å²) in [6.45, 7) is 0. The molecule has 0 aliphatic heterocycles. The molecule has 2 heteroatoms. The Hall–Kier alpha value is -0.0800. The molecule has 1 atom stereocenters. The molecule has 0 spiro atoms. The zero-order chi connectivity index (χ0) is 12.8. The van der Waals surface area contributed by atoms with Crippen molar-refractivity contribution in [2.75, 3.05) is 7.11 Å². The monoisotopic (exact) mass is 254 g/mol. The zero-order valence-electron chi connectivity index (χ0n) is 11.9. The van der Waals surface area contributed by atoms with Crippen LogP contribution in [-0.2, 0) is 4.74 Å². The summed E-state index contributed by atoms with van der Waals surface area (Å²) < 4.78 is 5.39. The van der Waals surface area contributed by atoms with Gasteiger partial charge in [-0.05, 0) is 50.4 Å². The number of rotatable bonds is 5. The Kier molecular flexibility index (Phi) is 5.97. The van der Waals surface area contributed by atoms with Gasteiger partial charge in [-0.1, -0.05) is 32.1 Å². The minimum atomic E-state index is -0.0512. The highest BCUT2D eigenvalue weighted by molar-refractivity contribution is 4.78. The van der Waals surface area contributed by atoms with Crippen molar-refractivity contribution < 1.29 is 9.84 Å². The summed E-state index contributed by atoms with van der Waals surface area (Å²) in [7, 11) is 1.81. The van der Waals surface area contributed by atoms with E-state index >= 15 is 0 Å². The summed E-state index contributed by atoms with van der Waals surface area (Å²) in [6.07, 6.45) is 14.4. The van der Waals surface area contributed by atoms with Gasteiger partial charge in [0.05, 0.1) is 12.2 Å². The molecule has 2 rings (SSSR count). The van der Waals surface area contributed by atoms with E-state index in [1.165, 1.54) is 38.5 Å². The van der Waals surface area contributed by atoms with E-state index in [-0.39, 0.29) is 6.10 Å². The second kappa shape index (κ2) is 7.49. The molecule has 106 valence electrons. The molecule has 0 amide bonds. The molecule has 1 N–H and O–H groups in total. The first-order chi connectivity index (χ1) is 8.79. The van der Waals surface area contributed by atoms with Gasteiger partial charge in [-0.15, -0.1) is 0 Å². The fraction of sp³-hybridized carbons (Fsp3) is 1.00. The molecule has 0 radical (unpaired) electrons. The number of ether oxygens (including phenoxy) is 1. The van der Waals surface area contributed by atoms with Crippen molar-refractivity contribution in [2.45, 2.75) is 82.8 Å². The molecule has 2 nitrogen and oxygen atoms in total. The van der Waals surface area contributed by atoms with Gasteiger partial charge in [-0.2, -0.15) is 0 Å². The van der Waals surface area contributed by atoms with E-state index in [9.17, 15) is 5.11 Å². The first kappa shape index (κ1) is 14.3. The molecule has 0 aromatic carbocycles. The lowest BCUT2D eigenvalue weighted by molar-refractivity contribution is 0.0139. The highest BCUT2D eigenvalue weighted by Crippen LogP contribution is 2.32. The van der Waals surface area contributed by atoms with Gasteiger partial charge in [0.25, 0.3) is 0 Å². The number of hydrogen-bond donors (Lipinski definition) is 1. The third-order valence-corrected chi connectivity index (χ3v) is 5.19. The standard InChI is InChI=1S/C16H30O2/c1-18-15-10-8-14(9-11-15)16(17)12-7-13-5-3-2-4-6-13/h13-17H,2-12H2,1H3. The number of methoxy groups -OCH3 is 1. The second-order valence-corrected chi connectivity index (χ2v) is 6.42. The van der Waals surface area contributed by atoms with Gasteiger partial charge in [0, 0.05) is 7.11 Å². The van der Waals surface area contributed by atoms with Crippen molar-refractivity contribution in [2.24, 2.45) is 11.8 Å². The van der Waals surface area contributed by atoms with Crippen molar-refractivity contribution in [1.82, 2.24) is 0 Å². The van der Waals surface area contributed by atoms with Gasteiger partial charge in [0.1, 0.15) is 0 Å². The summed E-state index contributed by atoms with van der Waals surface area (Å²) >= 11 is 0. The van der Waals surface area contributed by atoms with Crippen LogP contribution in [0, 0.1) is 11.8 Å². The van der Waals surface area contributed by atoms with Crippen LogP contribution in [0.15, 0.2) is 0 Å². The highest BCUT2D eigenvalue weighted by atomic mass is 16.5. The number of hydrogen-bond acceptors (Lipinski definition) is 2. The van der Waals surface area contributed by atoms with Gasteiger partial charge in [0.15, 0.2) is 0 Å². The lowest BCUT2D eigenvalue weighted by atomic mass is 9.80. The van der Waals surface area contributed by atoms with Gasteiger partial charge >= 0.3 is 0 Å². The highest BCUT2D eigenvalue weighted by Gasteiger charge is 2.26. The maximum absolute atomic E-state index is 10.3. The average Bonchev–Trinajstić information content (AvgIpc) is 2.46. The summed E-state index contributed by atoms with van der Waals surface area (Å²) in [5, 5.41) is 10.3. The smallest absolute Gasteiger partial charge is 0.0571 e. The van der Waals surface area contributed by atoms with E-state index in [2.05, 4.69) is 0 Å². The summed E-state index contributed by atoms with van der Waals surface area (Å²) in [6, 6.07) is 0. The molecular weight excluding hydrogens is 224 g/mol. The molecule has 18 heavy (non-hydrogen) atoms. The number of aliphatic hydroxyl groups excluding tert-OH is 1. The van der Waals surface area contributed by atoms with Crippen LogP contribution in [0.3, 0.4) is 0 Å². The Morgan fingerprint density at radius 2 is 1.67 bits per heavy atom. The molecule has 2 aliphatic carbocycles. The lowest BCUT2D eigenvalue weighted by Crippen LogP contribution is -2.29. The normalized spacial score (nSPS) is 32.3. The van der Waals surface area contributed by atoms with Crippen molar-refractivity contribution in [3.05, 3.63) is 0 Å². The van der Waals surface area contributed by atoms with Crippen LogP contribution >= 0.6 is 0 Å². The third kappa shape index (κ3) is 4.24. The van der Waals surface area contributed by atoms with Gasteiger partial charge in [-0.3, -0.25) is 0 Å². The molecule has 0 aromatic rings. The van der Waals surface area contributed by atoms with E-state index in [0.717, 1.165) is 38.0 Å². The Bertz CT molecular complexity index is 215. The van der Waals surface area contributed by atoms with Crippen LogP contribution in [0.4, 0.5) is 0 Å². The van der Waals surface area contributed by atoms with E-state index in [1.807, 2.05) is 7.11 Å². The van der Waals surface area contributed by atoms with Crippen molar-refractivity contribution in [1.29, 1.82) is 0 Å². The van der Waals surface area contributed by atoms with Crippen LogP contribution in [0.25, 0.3) is 0 Å². The first-order valence-electron chi connectivity index (χ1n) is 8.00. The molecular formula is C16H30O2. The van der Waals surface area contributed by atoms with Crippen molar-refractivity contribution >= 4 is 0 Å². The molecule has 0 aromatic heterocycles. The number of aliphatic hydroxyl groups is 1. The molecule has 2 aliphatic rings. The molecule has 2 saturated carbocycles. The van der Waals surface area contributed by atoms with Gasteiger partial charge in [-0.25, -0.2) is 0 Å². The van der Waals surface area contributed by atoms with Gasteiger partial charge < -0.3 is 9.84 Å². The molecule has 0 saturated heterocycles. The molecule has 0 heterocycles. The Morgan fingerprint density at radius 1 is 1.00 bits per heavy atom. The fourth-order valence-electron chi connectivity index (χ4n) is 3.83. The molecule has 1 unspecified atom stereocenters. The van der Waals surface area contributed by atoms with Crippen LogP contribution in [0.2, 0.25) is 0 Å². The van der Waals surface area contributed by atoms with E-state index < -0.39 is 0 Å². The van der Waals surface area contributed by atoms with E-state index in [1.54, 1.807) is 0 Å². The summed E-state index contributed by atoms with van der Waals surface area (Å²) in [4.78, 5) is 0. The van der Waals surface area contributed by atoms with Gasteiger partial charge in [0.2, 0.25) is 0 Å². The topological polar surface area (TPSA) is 29.5 Å². The fourth-order valence-corrected chi connectivity index (χ4v) is 3.83. The maximum Gasteiger partial charge on any atom is 0.0571 e. The Morgan fingerprint density at radius 3 is 2.28 bits per heavy atom. The van der Waals surface area contributed by atoms with Crippen LogP contribution in [0.1, 0.15) is 70.6 Å². The largest absolute Gasteiger partial charge is 0.393 e. The lowest BCUT2D eigenvalue weighted by Gasteiger charge is -2.31. The third-order valence-electron chi connectivity index (χ3n) is 5.19. The first-order valence-corrected chi connectivity index (χ1v) is 8.00. The van der Waals surface area contributed by atoms with E-state index in [4.69, 9.17) is 4.74 Å². The maximum atomic E-state index is 10.3. The van der Waals surface area contributed by atoms with Crippen molar-refractivity contribution in [3.8, 4) is 0 Å². The van der Waals surface area contributed by atoms with Crippen LogP contribution < -0.4 is 0 Å². The zero-order valence-corrected chi connectivity index (χ0v) is 11.9. The quantitative estimate of drug-likeness (QED) is 0.806. The van der Waals surface area contributed by atoms with Crippen LogP contribution in [0.5, 0.6) is 0 Å². The average molecular weight is 254 g/mol. The summed E-state index contributed by atoms with van der Waals surface area (Å²) in [5.41, 5.74) is 0. The molecule has 0 bridgehead atoms. The Labute approximate surface area is 112 Å². The second-order valence-electron chi connectivity index (χ2n) is 6.42. The van der Waals surface area contributed by atoms with Crippen molar-refractivity contribution in [3.63, 3.8) is 0 Å². The minimum Gasteiger partial charge on any atom is -0.393 e. The van der Waals surface area contributed by atoms with E-state index in [0.29, 0.717) is 12.0 Å². The Balaban J connectivity index is 1.63. The predicted molar refractivity (Wildman–Crippen MR) is 74.6 cm³/mol.